The highest BCUT2D eigenvalue weighted by molar-refractivity contribution is 8.13. The minimum Gasteiger partial charge on any atom is -0.486 e. The van der Waals surface area contributed by atoms with E-state index in [0.29, 0.717) is 0 Å². The van der Waals surface area contributed by atoms with Crippen LogP contribution in [0.1, 0.15) is 11.1 Å². The molecule has 0 amide bonds. The maximum atomic E-state index is 13.8. The summed E-state index contributed by atoms with van der Waals surface area (Å²) >= 11 is 0. The molecule has 0 N–H and O–H groups in total. The summed E-state index contributed by atoms with van der Waals surface area (Å²) in [4.78, 5) is 0. The molecule has 0 saturated heterocycles. The summed E-state index contributed by atoms with van der Waals surface area (Å²) < 4.78 is 41.0. The molecule has 0 aliphatic carbocycles. The van der Waals surface area contributed by atoms with Gasteiger partial charge in [0, 0.05) is 10.7 Å². The van der Waals surface area contributed by atoms with Crippen LogP contribution in [0.3, 0.4) is 0 Å². The molecule has 0 aliphatic heterocycles. The summed E-state index contributed by atoms with van der Waals surface area (Å²) in [5, 5.41) is 0. The molecular weight excluding hydrogens is 303 g/mol. The van der Waals surface area contributed by atoms with E-state index in [4.69, 9.17) is 15.4 Å². The normalized spacial score (nSPS) is 11.3. The first-order valence-electron chi connectivity index (χ1n) is 5.81. The number of hydrogen-bond donors (Lipinski definition) is 0. The van der Waals surface area contributed by atoms with Crippen LogP contribution in [0.5, 0.6) is 5.75 Å². The van der Waals surface area contributed by atoms with E-state index in [1.807, 2.05) is 30.3 Å². The molecule has 2 aromatic carbocycles. The molecule has 0 aromatic heterocycles. The highest BCUT2D eigenvalue weighted by atomic mass is 35.7. The average Bonchev–Trinajstić information content (AvgIpc) is 2.37. The monoisotopic (exact) mass is 314 g/mol. The molecule has 0 spiro atoms. The number of hydrogen-bond acceptors (Lipinski definition) is 3. The summed E-state index contributed by atoms with van der Waals surface area (Å²) in [5.41, 5.74) is 1.20. The highest BCUT2D eigenvalue weighted by Gasteiger charge is 2.10. The first-order chi connectivity index (χ1) is 9.44. The SMILES string of the molecule is O=S(=O)(Cl)Cc1ccc(OCc2ccccc2)c(F)c1. The van der Waals surface area contributed by atoms with Crippen LogP contribution in [0.2, 0.25) is 0 Å². The number of ether oxygens (including phenoxy) is 1. The molecule has 106 valence electrons. The minimum absolute atomic E-state index is 0.0737. The zero-order valence-electron chi connectivity index (χ0n) is 10.4. The smallest absolute Gasteiger partial charge is 0.236 e. The van der Waals surface area contributed by atoms with Gasteiger partial charge in [-0.2, -0.15) is 0 Å². The molecule has 0 unspecified atom stereocenters. The standard InChI is InChI=1S/C14H12ClFO3S/c15-20(17,18)10-12-6-7-14(13(16)8-12)19-9-11-4-2-1-3-5-11/h1-8H,9-10H2. The Morgan fingerprint density at radius 3 is 2.35 bits per heavy atom. The predicted molar refractivity (Wildman–Crippen MR) is 75.7 cm³/mol. The summed E-state index contributed by atoms with van der Waals surface area (Å²) in [6.45, 7) is 0.241. The number of halogens is 2. The van der Waals surface area contributed by atoms with Crippen molar-refractivity contribution >= 4 is 19.7 Å². The van der Waals surface area contributed by atoms with Crippen LogP contribution in [-0.2, 0) is 21.4 Å². The van der Waals surface area contributed by atoms with Crippen molar-refractivity contribution in [1.82, 2.24) is 0 Å². The van der Waals surface area contributed by atoms with Crippen LogP contribution in [-0.4, -0.2) is 8.42 Å². The first-order valence-corrected chi connectivity index (χ1v) is 8.29. The van der Waals surface area contributed by atoms with E-state index in [1.54, 1.807) is 0 Å². The quantitative estimate of drug-likeness (QED) is 0.794. The Morgan fingerprint density at radius 2 is 1.75 bits per heavy atom. The fraction of sp³-hybridized carbons (Fsp3) is 0.143. The summed E-state index contributed by atoms with van der Waals surface area (Å²) in [6, 6.07) is 13.3. The summed E-state index contributed by atoms with van der Waals surface area (Å²) in [6.07, 6.45) is 0. The molecule has 0 aliphatic rings. The lowest BCUT2D eigenvalue weighted by atomic mass is 10.2. The van der Waals surface area contributed by atoms with Crippen molar-refractivity contribution in [3.05, 3.63) is 65.5 Å². The topological polar surface area (TPSA) is 43.4 Å². The van der Waals surface area contributed by atoms with Gasteiger partial charge in [0.05, 0.1) is 5.75 Å². The third-order valence-corrected chi connectivity index (χ3v) is 3.58. The van der Waals surface area contributed by atoms with Gasteiger partial charge in [-0.15, -0.1) is 0 Å². The van der Waals surface area contributed by atoms with E-state index in [1.165, 1.54) is 12.1 Å². The molecule has 0 bridgehead atoms. The van der Waals surface area contributed by atoms with Crippen molar-refractivity contribution in [1.29, 1.82) is 0 Å². The molecule has 2 aromatic rings. The molecule has 0 saturated carbocycles. The van der Waals surface area contributed by atoms with E-state index in [0.717, 1.165) is 11.6 Å². The molecule has 0 fully saturated rings. The lowest BCUT2D eigenvalue weighted by Crippen LogP contribution is -2.00. The Hall–Kier alpha value is -1.59. The van der Waals surface area contributed by atoms with E-state index >= 15 is 0 Å². The molecule has 6 heteroatoms. The van der Waals surface area contributed by atoms with Gasteiger partial charge in [-0.3, -0.25) is 0 Å². The van der Waals surface area contributed by atoms with Gasteiger partial charge in [0.1, 0.15) is 6.61 Å². The van der Waals surface area contributed by atoms with E-state index in [-0.39, 0.29) is 17.9 Å². The molecule has 0 radical (unpaired) electrons. The Balaban J connectivity index is 2.06. The zero-order chi connectivity index (χ0) is 14.6. The average molecular weight is 315 g/mol. The minimum atomic E-state index is -3.70. The Labute approximate surface area is 121 Å². The maximum absolute atomic E-state index is 13.8. The molecule has 2 rings (SSSR count). The third-order valence-electron chi connectivity index (χ3n) is 2.57. The van der Waals surface area contributed by atoms with Crippen molar-refractivity contribution in [2.45, 2.75) is 12.4 Å². The van der Waals surface area contributed by atoms with Gasteiger partial charge in [0.25, 0.3) is 0 Å². The molecular formula is C14H12ClFO3S. The van der Waals surface area contributed by atoms with Crippen LogP contribution >= 0.6 is 10.7 Å². The number of rotatable bonds is 5. The Bertz CT molecular complexity index is 687. The van der Waals surface area contributed by atoms with Crippen LogP contribution in [0, 0.1) is 5.82 Å². The second kappa shape index (κ2) is 6.24. The van der Waals surface area contributed by atoms with Gasteiger partial charge in [-0.1, -0.05) is 36.4 Å². The summed E-state index contributed by atoms with van der Waals surface area (Å²) in [5.74, 6) is -0.951. The largest absolute Gasteiger partial charge is 0.486 e. The maximum Gasteiger partial charge on any atom is 0.236 e. The van der Waals surface area contributed by atoms with Gasteiger partial charge in [-0.25, -0.2) is 12.8 Å². The van der Waals surface area contributed by atoms with Gasteiger partial charge >= 0.3 is 0 Å². The highest BCUT2D eigenvalue weighted by Crippen LogP contribution is 2.21. The van der Waals surface area contributed by atoms with Crippen molar-refractivity contribution in [2.75, 3.05) is 0 Å². The molecule has 3 nitrogen and oxygen atoms in total. The third kappa shape index (κ3) is 4.51. The Kier molecular flexibility index (Phi) is 4.62. The number of benzene rings is 2. The Morgan fingerprint density at radius 1 is 1.05 bits per heavy atom. The second-order valence-electron chi connectivity index (χ2n) is 4.22. The van der Waals surface area contributed by atoms with E-state index in [2.05, 4.69) is 0 Å². The van der Waals surface area contributed by atoms with Crippen LogP contribution in [0.25, 0.3) is 0 Å². The van der Waals surface area contributed by atoms with E-state index < -0.39 is 20.6 Å². The fourth-order valence-corrected chi connectivity index (χ4v) is 2.64. The van der Waals surface area contributed by atoms with Gasteiger partial charge < -0.3 is 4.74 Å². The zero-order valence-corrected chi connectivity index (χ0v) is 12.0. The van der Waals surface area contributed by atoms with Crippen molar-refractivity contribution in [3.8, 4) is 5.75 Å². The van der Waals surface area contributed by atoms with E-state index in [9.17, 15) is 12.8 Å². The molecule has 0 heterocycles. The molecule has 0 atom stereocenters. The molecule has 20 heavy (non-hydrogen) atoms. The van der Waals surface area contributed by atoms with Gasteiger partial charge in [0.2, 0.25) is 9.05 Å². The predicted octanol–water partition coefficient (Wildman–Crippen LogP) is 3.47. The second-order valence-corrected chi connectivity index (χ2v) is 7.00. The van der Waals surface area contributed by atoms with Gasteiger partial charge in [0.15, 0.2) is 11.6 Å². The van der Waals surface area contributed by atoms with Gasteiger partial charge in [-0.05, 0) is 23.3 Å². The first kappa shape index (κ1) is 14.8. The van der Waals surface area contributed by atoms with Crippen LogP contribution in [0.4, 0.5) is 4.39 Å². The fourth-order valence-electron chi connectivity index (χ4n) is 1.69. The van der Waals surface area contributed by atoms with Crippen molar-refractivity contribution in [3.63, 3.8) is 0 Å². The van der Waals surface area contributed by atoms with Crippen molar-refractivity contribution in [2.24, 2.45) is 0 Å². The van der Waals surface area contributed by atoms with Crippen molar-refractivity contribution < 1.29 is 17.5 Å². The lowest BCUT2D eigenvalue weighted by Gasteiger charge is -2.08. The lowest BCUT2D eigenvalue weighted by molar-refractivity contribution is 0.290. The summed E-state index contributed by atoms with van der Waals surface area (Å²) in [7, 11) is 1.42. The van der Waals surface area contributed by atoms with Crippen LogP contribution < -0.4 is 4.74 Å². The van der Waals surface area contributed by atoms with Crippen LogP contribution in [0.15, 0.2) is 48.5 Å².